The highest BCUT2D eigenvalue weighted by Gasteiger charge is 2.31. The molecular formula is C21H28N4O3S+2. The van der Waals surface area contributed by atoms with Crippen molar-refractivity contribution < 1.29 is 24.1 Å². The largest absolute Gasteiger partial charge is 0.497 e. The van der Waals surface area contributed by atoms with Crippen LogP contribution < -0.4 is 24.6 Å². The highest BCUT2D eigenvalue weighted by molar-refractivity contribution is 7.14. The van der Waals surface area contributed by atoms with Crippen LogP contribution in [0.5, 0.6) is 11.5 Å². The van der Waals surface area contributed by atoms with E-state index in [1.54, 1.807) is 13.2 Å². The Bertz CT molecular complexity index is 838. The molecule has 1 aromatic carbocycles. The minimum absolute atomic E-state index is 0.0229. The summed E-state index contributed by atoms with van der Waals surface area (Å²) in [5.74, 6) is 1.65. The summed E-state index contributed by atoms with van der Waals surface area (Å²) in [7, 11) is 1.65. The second kappa shape index (κ2) is 10.3. The Morgan fingerprint density at radius 3 is 2.55 bits per heavy atom. The van der Waals surface area contributed by atoms with Gasteiger partial charge in [-0.25, -0.2) is 0 Å². The van der Waals surface area contributed by atoms with Gasteiger partial charge in [-0.2, -0.15) is 5.26 Å². The van der Waals surface area contributed by atoms with Crippen molar-refractivity contribution in [3.05, 3.63) is 41.3 Å². The van der Waals surface area contributed by atoms with E-state index >= 15 is 0 Å². The van der Waals surface area contributed by atoms with E-state index in [-0.39, 0.29) is 11.9 Å². The zero-order chi connectivity index (χ0) is 20.6. The molecule has 154 valence electrons. The van der Waals surface area contributed by atoms with Crippen molar-refractivity contribution in [2.24, 2.45) is 0 Å². The summed E-state index contributed by atoms with van der Waals surface area (Å²) in [6, 6.07) is 11.3. The number of quaternary nitrogens is 2. The number of carbonyl (C=O) groups is 1. The summed E-state index contributed by atoms with van der Waals surface area (Å²) >= 11 is 1.39. The zero-order valence-electron chi connectivity index (χ0n) is 16.9. The molecule has 1 fully saturated rings. The first-order valence-electron chi connectivity index (χ1n) is 9.84. The maximum atomic E-state index is 12.6. The molecule has 2 aromatic rings. The molecule has 0 unspecified atom stereocenters. The Morgan fingerprint density at radius 1 is 1.21 bits per heavy atom. The quantitative estimate of drug-likeness (QED) is 0.558. The second-order valence-corrected chi connectivity index (χ2v) is 8.08. The first-order valence-corrected chi connectivity index (χ1v) is 10.7. The lowest BCUT2D eigenvalue weighted by Gasteiger charge is -2.32. The number of nitriles is 1. The summed E-state index contributed by atoms with van der Waals surface area (Å²) in [5, 5.41) is 14.5. The van der Waals surface area contributed by atoms with Crippen molar-refractivity contribution in [2.45, 2.75) is 13.0 Å². The Morgan fingerprint density at radius 2 is 1.90 bits per heavy atom. The number of ether oxygens (including phenoxy) is 2. The lowest BCUT2D eigenvalue weighted by molar-refractivity contribution is -1.02. The van der Waals surface area contributed by atoms with Gasteiger partial charge in [-0.05, 0) is 42.6 Å². The van der Waals surface area contributed by atoms with E-state index in [4.69, 9.17) is 14.7 Å². The number of benzene rings is 1. The van der Waals surface area contributed by atoms with Gasteiger partial charge in [-0.15, -0.1) is 11.3 Å². The van der Waals surface area contributed by atoms with Gasteiger partial charge in [0.2, 0.25) is 0 Å². The molecular weight excluding hydrogens is 388 g/mol. The summed E-state index contributed by atoms with van der Waals surface area (Å²) in [6.45, 7) is 7.50. The van der Waals surface area contributed by atoms with Gasteiger partial charge in [-0.3, -0.25) is 4.79 Å². The van der Waals surface area contributed by atoms with Gasteiger partial charge in [-0.1, -0.05) is 0 Å². The van der Waals surface area contributed by atoms with E-state index in [1.165, 1.54) is 21.1 Å². The van der Waals surface area contributed by atoms with Crippen LogP contribution in [-0.2, 0) is 4.79 Å². The van der Waals surface area contributed by atoms with E-state index in [0.29, 0.717) is 17.2 Å². The second-order valence-electron chi connectivity index (χ2n) is 7.17. The van der Waals surface area contributed by atoms with Crippen molar-refractivity contribution in [3.63, 3.8) is 0 Å². The number of rotatable bonds is 8. The first-order chi connectivity index (χ1) is 14.1. The zero-order valence-corrected chi connectivity index (χ0v) is 17.7. The number of methoxy groups -OCH3 is 1. The number of carbonyl (C=O) groups excluding carboxylic acids is 1. The highest BCUT2D eigenvalue weighted by atomic mass is 32.1. The first kappa shape index (κ1) is 21.1. The van der Waals surface area contributed by atoms with Crippen LogP contribution in [0, 0.1) is 11.3 Å². The summed E-state index contributed by atoms with van der Waals surface area (Å²) in [6.07, 6.45) is 0. The van der Waals surface area contributed by atoms with E-state index in [2.05, 4.69) is 11.4 Å². The Labute approximate surface area is 175 Å². The summed E-state index contributed by atoms with van der Waals surface area (Å²) < 4.78 is 11.0. The van der Waals surface area contributed by atoms with Crippen molar-refractivity contribution in [3.8, 4) is 17.6 Å². The Kier molecular flexibility index (Phi) is 7.47. The normalized spacial score (nSPS) is 19.8. The minimum Gasteiger partial charge on any atom is -0.497 e. The van der Waals surface area contributed by atoms with Crippen LogP contribution in [0.1, 0.15) is 12.5 Å². The third kappa shape index (κ3) is 5.70. The topological polar surface area (TPSA) is 80.2 Å². The number of amides is 1. The summed E-state index contributed by atoms with van der Waals surface area (Å²) in [4.78, 5) is 15.4. The molecule has 0 saturated carbocycles. The van der Waals surface area contributed by atoms with E-state index in [1.807, 2.05) is 36.6 Å². The lowest BCUT2D eigenvalue weighted by atomic mass is 10.2. The maximum absolute atomic E-state index is 12.6. The molecule has 3 rings (SSSR count). The van der Waals surface area contributed by atoms with Crippen LogP contribution in [0.25, 0.3) is 0 Å². The Balaban J connectivity index is 1.39. The number of nitrogens with zero attached hydrogens (tertiary/aromatic N) is 1. The monoisotopic (exact) mass is 416 g/mol. The third-order valence-corrected chi connectivity index (χ3v) is 6.24. The predicted molar refractivity (Wildman–Crippen MR) is 112 cm³/mol. The third-order valence-electron chi connectivity index (χ3n) is 5.41. The molecule has 1 aliphatic rings. The van der Waals surface area contributed by atoms with Crippen molar-refractivity contribution in [1.82, 2.24) is 0 Å². The van der Waals surface area contributed by atoms with Crippen molar-refractivity contribution >= 4 is 22.2 Å². The van der Waals surface area contributed by atoms with Crippen molar-refractivity contribution in [2.75, 3.05) is 51.8 Å². The maximum Gasteiger partial charge on any atom is 0.283 e. The molecule has 0 spiro atoms. The molecule has 8 heteroatoms. The number of thiophene rings is 1. The fourth-order valence-corrected chi connectivity index (χ4v) is 4.23. The van der Waals surface area contributed by atoms with Crippen LogP contribution in [0.4, 0.5) is 5.00 Å². The van der Waals surface area contributed by atoms with Gasteiger partial charge in [0.05, 0.1) is 12.7 Å². The van der Waals surface area contributed by atoms with Crippen LogP contribution in [0.3, 0.4) is 0 Å². The average Bonchev–Trinajstić information content (AvgIpc) is 3.21. The average molecular weight is 417 g/mol. The molecule has 3 N–H and O–H groups in total. The van der Waals surface area contributed by atoms with Gasteiger partial charge in [0.15, 0.2) is 6.04 Å². The molecule has 0 bridgehead atoms. The van der Waals surface area contributed by atoms with Gasteiger partial charge < -0.3 is 24.6 Å². The van der Waals surface area contributed by atoms with E-state index in [9.17, 15) is 4.79 Å². The molecule has 1 saturated heterocycles. The fourth-order valence-electron chi connectivity index (χ4n) is 3.49. The number of hydrogen-bond acceptors (Lipinski definition) is 5. The molecule has 7 nitrogen and oxygen atoms in total. The van der Waals surface area contributed by atoms with Crippen LogP contribution in [0.15, 0.2) is 35.7 Å². The van der Waals surface area contributed by atoms with Gasteiger partial charge >= 0.3 is 0 Å². The number of nitrogens with one attached hydrogen (secondary N) is 3. The molecule has 2 heterocycles. The lowest BCUT2D eigenvalue weighted by Crippen LogP contribution is -3.30. The van der Waals surface area contributed by atoms with Crippen LogP contribution in [0.2, 0.25) is 0 Å². The number of hydrogen-bond donors (Lipinski definition) is 3. The molecule has 1 aromatic heterocycles. The number of piperazine rings is 1. The molecule has 29 heavy (non-hydrogen) atoms. The van der Waals surface area contributed by atoms with Crippen molar-refractivity contribution in [1.29, 1.82) is 5.26 Å². The Hall–Kier alpha value is -2.60. The predicted octanol–water partition coefficient (Wildman–Crippen LogP) is -0.182. The minimum atomic E-state index is -0.138. The van der Waals surface area contributed by atoms with Crippen LogP contribution >= 0.6 is 11.3 Å². The molecule has 1 amide bonds. The molecule has 1 atom stereocenters. The fraction of sp³-hybridized carbons (Fsp3) is 0.429. The van der Waals surface area contributed by atoms with Crippen LogP contribution in [-0.4, -0.2) is 58.4 Å². The molecule has 1 aliphatic heterocycles. The molecule has 0 radical (unpaired) electrons. The van der Waals surface area contributed by atoms with Gasteiger partial charge in [0, 0.05) is 0 Å². The molecule has 0 aliphatic carbocycles. The highest BCUT2D eigenvalue weighted by Crippen LogP contribution is 2.22. The SMILES string of the molecule is COc1ccc(OCC[NH+]2CC[NH+]([C@@H](C)C(=O)Nc3sccc3C#N)CC2)cc1. The number of anilines is 1. The smallest absolute Gasteiger partial charge is 0.283 e. The van der Waals surface area contributed by atoms with E-state index in [0.717, 1.165) is 44.2 Å². The summed E-state index contributed by atoms with van der Waals surface area (Å²) in [5.41, 5.74) is 0.525. The van der Waals surface area contributed by atoms with Gasteiger partial charge in [0.25, 0.3) is 5.91 Å². The van der Waals surface area contributed by atoms with E-state index < -0.39 is 0 Å². The van der Waals surface area contributed by atoms with Gasteiger partial charge in [0.1, 0.15) is 61.9 Å². The standard InChI is InChI=1S/C21H26N4O3S/c1-16(20(26)23-21-17(15-22)7-14-29-21)25-10-8-24(9-11-25)12-13-28-19-5-3-18(27-2)4-6-19/h3-7,14,16H,8-13H2,1-2H3,(H,23,26)/p+2/t16-/m0/s1.